The number of carbonyl (C=O) groups is 2. The SMILES string of the molecule is CC(=O)N1C=Cc2ccccc2C1CC(=O)Nc1cccc2cn[nH]c12. The molecule has 0 radical (unpaired) electrons. The van der Waals surface area contributed by atoms with E-state index in [0.717, 1.165) is 22.0 Å². The summed E-state index contributed by atoms with van der Waals surface area (Å²) < 4.78 is 0. The zero-order valence-electron chi connectivity index (χ0n) is 14.3. The molecule has 2 heterocycles. The van der Waals surface area contributed by atoms with Gasteiger partial charge in [-0.25, -0.2) is 0 Å². The lowest BCUT2D eigenvalue weighted by molar-refractivity contribution is -0.129. The summed E-state index contributed by atoms with van der Waals surface area (Å²) in [6, 6.07) is 13.1. The number of aromatic amines is 1. The van der Waals surface area contributed by atoms with Crippen molar-refractivity contribution >= 4 is 34.5 Å². The molecular weight excluding hydrogens is 328 g/mol. The molecule has 2 N–H and O–H groups in total. The van der Waals surface area contributed by atoms with Crippen LogP contribution in [0.1, 0.15) is 30.5 Å². The normalized spacial score (nSPS) is 15.7. The number of para-hydroxylation sites is 1. The van der Waals surface area contributed by atoms with Crippen molar-refractivity contribution in [2.24, 2.45) is 0 Å². The standard InChI is InChI=1S/C20H18N4O2/c1-13(25)24-10-9-14-5-2-3-7-16(14)18(24)11-19(26)22-17-8-4-6-15-12-21-23-20(15)17/h2-10,12,18H,11H2,1H3,(H,21,23)(H,22,26). The molecule has 0 aliphatic carbocycles. The van der Waals surface area contributed by atoms with E-state index in [1.165, 1.54) is 6.92 Å². The van der Waals surface area contributed by atoms with Gasteiger partial charge in [0.25, 0.3) is 0 Å². The van der Waals surface area contributed by atoms with Crippen molar-refractivity contribution in [3.8, 4) is 0 Å². The molecule has 2 aromatic carbocycles. The highest BCUT2D eigenvalue weighted by Gasteiger charge is 2.28. The first-order chi connectivity index (χ1) is 12.6. The second-order valence-corrected chi connectivity index (χ2v) is 6.28. The molecule has 3 aromatic rings. The molecule has 0 fully saturated rings. The van der Waals surface area contributed by atoms with Crippen LogP contribution in [0.2, 0.25) is 0 Å². The van der Waals surface area contributed by atoms with Gasteiger partial charge >= 0.3 is 0 Å². The topological polar surface area (TPSA) is 78.1 Å². The van der Waals surface area contributed by atoms with Crippen LogP contribution < -0.4 is 5.32 Å². The van der Waals surface area contributed by atoms with Crippen molar-refractivity contribution in [3.63, 3.8) is 0 Å². The maximum atomic E-state index is 12.7. The Morgan fingerprint density at radius 3 is 2.88 bits per heavy atom. The zero-order valence-corrected chi connectivity index (χ0v) is 14.3. The predicted octanol–water partition coefficient (Wildman–Crippen LogP) is 3.47. The summed E-state index contributed by atoms with van der Waals surface area (Å²) in [6.07, 6.45) is 5.53. The highest BCUT2D eigenvalue weighted by atomic mass is 16.2. The molecule has 0 spiro atoms. The summed E-state index contributed by atoms with van der Waals surface area (Å²) in [7, 11) is 0. The van der Waals surface area contributed by atoms with Crippen LogP contribution >= 0.6 is 0 Å². The Bertz CT molecular complexity index is 1020. The van der Waals surface area contributed by atoms with Crippen LogP contribution in [0.5, 0.6) is 0 Å². The van der Waals surface area contributed by atoms with Gasteiger partial charge in [0.15, 0.2) is 0 Å². The molecular formula is C20H18N4O2. The van der Waals surface area contributed by atoms with Crippen molar-refractivity contribution in [2.45, 2.75) is 19.4 Å². The average Bonchev–Trinajstić information content (AvgIpc) is 3.11. The van der Waals surface area contributed by atoms with Crippen LogP contribution in [-0.4, -0.2) is 26.9 Å². The minimum Gasteiger partial charge on any atom is -0.324 e. The molecule has 0 bridgehead atoms. The number of amides is 2. The number of carbonyl (C=O) groups excluding carboxylic acids is 2. The summed E-state index contributed by atoms with van der Waals surface area (Å²) in [4.78, 5) is 26.4. The number of fused-ring (bicyclic) bond motifs is 2. The van der Waals surface area contributed by atoms with E-state index >= 15 is 0 Å². The summed E-state index contributed by atoms with van der Waals surface area (Å²) in [5.74, 6) is -0.252. The van der Waals surface area contributed by atoms with Gasteiger partial charge in [-0.1, -0.05) is 36.4 Å². The summed E-state index contributed by atoms with van der Waals surface area (Å²) in [5.41, 5.74) is 3.46. The van der Waals surface area contributed by atoms with E-state index < -0.39 is 0 Å². The van der Waals surface area contributed by atoms with E-state index in [2.05, 4.69) is 15.5 Å². The third-order valence-electron chi connectivity index (χ3n) is 4.60. The van der Waals surface area contributed by atoms with Crippen LogP contribution in [0.3, 0.4) is 0 Å². The van der Waals surface area contributed by atoms with E-state index in [0.29, 0.717) is 5.69 Å². The molecule has 4 rings (SSSR count). The maximum Gasteiger partial charge on any atom is 0.226 e. The molecule has 1 aromatic heterocycles. The number of nitrogens with zero attached hydrogens (tertiary/aromatic N) is 2. The van der Waals surface area contributed by atoms with Gasteiger partial charge in [0.1, 0.15) is 0 Å². The smallest absolute Gasteiger partial charge is 0.226 e. The van der Waals surface area contributed by atoms with Crippen LogP contribution in [0.25, 0.3) is 17.0 Å². The summed E-state index contributed by atoms with van der Waals surface area (Å²) >= 11 is 0. The number of nitrogens with one attached hydrogen (secondary N) is 2. The minimum atomic E-state index is -0.324. The van der Waals surface area contributed by atoms with Gasteiger partial charge in [-0.05, 0) is 23.3 Å². The van der Waals surface area contributed by atoms with E-state index in [4.69, 9.17) is 0 Å². The highest BCUT2D eigenvalue weighted by Crippen LogP contribution is 2.33. The van der Waals surface area contributed by atoms with E-state index in [-0.39, 0.29) is 24.3 Å². The quantitative estimate of drug-likeness (QED) is 0.762. The van der Waals surface area contributed by atoms with Gasteiger partial charge in [-0.3, -0.25) is 14.7 Å². The Balaban J connectivity index is 1.60. The van der Waals surface area contributed by atoms with Gasteiger partial charge < -0.3 is 10.2 Å². The number of H-pyrrole nitrogens is 1. The van der Waals surface area contributed by atoms with E-state index in [1.54, 1.807) is 17.3 Å². The van der Waals surface area contributed by atoms with Crippen LogP contribution in [-0.2, 0) is 9.59 Å². The molecule has 6 nitrogen and oxygen atoms in total. The zero-order chi connectivity index (χ0) is 18.1. The molecule has 1 aliphatic heterocycles. The third-order valence-corrected chi connectivity index (χ3v) is 4.60. The Kier molecular flexibility index (Phi) is 4.01. The molecule has 26 heavy (non-hydrogen) atoms. The van der Waals surface area contributed by atoms with Crippen LogP contribution in [0, 0.1) is 0 Å². The number of benzene rings is 2. The molecule has 6 heteroatoms. The minimum absolute atomic E-state index is 0.0933. The van der Waals surface area contributed by atoms with Crippen molar-refractivity contribution in [2.75, 3.05) is 5.32 Å². The summed E-state index contributed by atoms with van der Waals surface area (Å²) in [6.45, 7) is 1.51. The number of hydrogen-bond donors (Lipinski definition) is 2. The highest BCUT2D eigenvalue weighted by molar-refractivity contribution is 6.00. The number of aromatic nitrogens is 2. The first kappa shape index (κ1) is 16.1. The Morgan fingerprint density at radius 1 is 1.19 bits per heavy atom. The third kappa shape index (κ3) is 2.86. The van der Waals surface area contributed by atoms with Crippen molar-refractivity contribution in [1.29, 1.82) is 0 Å². The maximum absolute atomic E-state index is 12.7. The fourth-order valence-electron chi connectivity index (χ4n) is 3.36. The monoisotopic (exact) mass is 346 g/mol. The molecule has 1 aliphatic rings. The van der Waals surface area contributed by atoms with E-state index in [9.17, 15) is 9.59 Å². The molecule has 0 saturated heterocycles. The second-order valence-electron chi connectivity index (χ2n) is 6.28. The van der Waals surface area contributed by atoms with Crippen molar-refractivity contribution < 1.29 is 9.59 Å². The molecule has 2 amide bonds. The first-order valence-electron chi connectivity index (χ1n) is 8.41. The molecule has 1 atom stereocenters. The van der Waals surface area contributed by atoms with Crippen molar-refractivity contribution in [3.05, 3.63) is 66.0 Å². The molecule has 0 saturated carbocycles. The average molecular weight is 346 g/mol. The number of hydrogen-bond acceptors (Lipinski definition) is 3. The largest absolute Gasteiger partial charge is 0.324 e. The second kappa shape index (κ2) is 6.48. The lowest BCUT2D eigenvalue weighted by atomic mass is 9.93. The van der Waals surface area contributed by atoms with Crippen molar-refractivity contribution in [1.82, 2.24) is 15.1 Å². The summed E-state index contributed by atoms with van der Waals surface area (Å²) in [5, 5.41) is 10.8. The lowest BCUT2D eigenvalue weighted by Gasteiger charge is -2.32. The van der Waals surface area contributed by atoms with Gasteiger partial charge in [-0.2, -0.15) is 5.10 Å². The van der Waals surface area contributed by atoms with Gasteiger partial charge in [0.05, 0.1) is 29.9 Å². The Hall–Kier alpha value is -3.41. The Labute approximate surface area is 150 Å². The van der Waals surface area contributed by atoms with Gasteiger partial charge in [0, 0.05) is 18.5 Å². The fourth-order valence-corrected chi connectivity index (χ4v) is 3.36. The van der Waals surface area contributed by atoms with Crippen LogP contribution in [0.4, 0.5) is 5.69 Å². The van der Waals surface area contributed by atoms with Gasteiger partial charge in [0.2, 0.25) is 11.8 Å². The number of rotatable bonds is 3. The Morgan fingerprint density at radius 2 is 2.04 bits per heavy atom. The molecule has 1 unspecified atom stereocenters. The fraction of sp³-hybridized carbons (Fsp3) is 0.150. The molecule has 130 valence electrons. The van der Waals surface area contributed by atoms with Crippen LogP contribution in [0.15, 0.2) is 54.9 Å². The predicted molar refractivity (Wildman–Crippen MR) is 100 cm³/mol. The lowest BCUT2D eigenvalue weighted by Crippen LogP contribution is -2.33. The van der Waals surface area contributed by atoms with E-state index in [1.807, 2.05) is 48.5 Å². The number of anilines is 1. The first-order valence-corrected chi connectivity index (χ1v) is 8.41. The van der Waals surface area contributed by atoms with Gasteiger partial charge in [-0.15, -0.1) is 0 Å².